The summed E-state index contributed by atoms with van der Waals surface area (Å²) in [6, 6.07) is 8.97. The number of nitrogens with zero attached hydrogens (tertiary/aromatic N) is 1. The van der Waals surface area contributed by atoms with Crippen LogP contribution >= 0.6 is 11.6 Å². The standard InChI is InChI=1S/C11H13ClN2O2.Ca.2ClH/c1-2-6-10(12)14-16-11(15)13-9-7-4-3-5-8-9;;;/h3-5,7-8H,2,6H2,1H3,(H,13,15);;2*1H/q;+2;;/p-2/b14-10-;;;. The third-order valence-electron chi connectivity index (χ3n) is 1.70. The van der Waals surface area contributed by atoms with Crippen LogP contribution in [0.25, 0.3) is 0 Å². The zero-order valence-electron chi connectivity index (χ0n) is 10.4. The largest absolute Gasteiger partial charge is 2.00 e. The van der Waals surface area contributed by atoms with Crippen LogP contribution in [-0.2, 0) is 4.84 Å². The number of anilines is 1. The monoisotopic (exact) mass is 350 g/mol. The molecular formula is C11H13CaCl3N2O2. The summed E-state index contributed by atoms with van der Waals surface area (Å²) in [6.07, 6.45) is 0.798. The first-order chi connectivity index (χ1) is 7.72. The second-order valence-corrected chi connectivity index (χ2v) is 3.52. The molecule has 1 N–H and O–H groups in total. The number of halogens is 3. The zero-order valence-corrected chi connectivity index (χ0v) is 14.9. The van der Waals surface area contributed by atoms with Gasteiger partial charge < -0.3 is 24.8 Å². The summed E-state index contributed by atoms with van der Waals surface area (Å²) in [6.45, 7) is 1.96. The van der Waals surface area contributed by atoms with Crippen LogP contribution in [0, 0.1) is 0 Å². The molecule has 1 aromatic rings. The van der Waals surface area contributed by atoms with Gasteiger partial charge in [0.25, 0.3) is 0 Å². The molecule has 0 fully saturated rings. The first kappa shape index (κ1) is 24.3. The van der Waals surface area contributed by atoms with E-state index in [4.69, 9.17) is 11.6 Å². The van der Waals surface area contributed by atoms with Gasteiger partial charge in [-0.2, -0.15) is 0 Å². The molecule has 0 atom stereocenters. The van der Waals surface area contributed by atoms with Gasteiger partial charge in [-0.3, -0.25) is 10.2 Å². The van der Waals surface area contributed by atoms with Crippen molar-refractivity contribution in [2.24, 2.45) is 5.16 Å². The van der Waals surface area contributed by atoms with Gasteiger partial charge in [0.1, 0.15) is 5.17 Å². The van der Waals surface area contributed by atoms with Crippen molar-refractivity contribution in [3.05, 3.63) is 30.3 Å². The van der Waals surface area contributed by atoms with E-state index >= 15 is 0 Å². The first-order valence-corrected chi connectivity index (χ1v) is 5.35. The van der Waals surface area contributed by atoms with Crippen molar-refractivity contribution in [1.29, 1.82) is 0 Å². The average Bonchev–Trinajstić information content (AvgIpc) is 2.28. The Morgan fingerprint density at radius 3 is 2.42 bits per heavy atom. The molecule has 0 saturated heterocycles. The Morgan fingerprint density at radius 1 is 1.32 bits per heavy atom. The summed E-state index contributed by atoms with van der Waals surface area (Å²) in [7, 11) is 0. The summed E-state index contributed by atoms with van der Waals surface area (Å²) >= 11 is 5.67. The van der Waals surface area contributed by atoms with Crippen molar-refractivity contribution in [2.45, 2.75) is 19.8 Å². The van der Waals surface area contributed by atoms with Crippen molar-refractivity contribution in [1.82, 2.24) is 0 Å². The Kier molecular flexibility index (Phi) is 18.8. The van der Waals surface area contributed by atoms with Gasteiger partial charge in [0.15, 0.2) is 0 Å². The molecule has 0 radical (unpaired) electrons. The zero-order chi connectivity index (χ0) is 11.8. The minimum absolute atomic E-state index is 0. The van der Waals surface area contributed by atoms with Crippen molar-refractivity contribution in [2.75, 3.05) is 5.32 Å². The number of carbonyl (C=O) groups is 1. The predicted molar refractivity (Wildman–Crippen MR) is 70.5 cm³/mol. The maximum absolute atomic E-state index is 11.2. The molecule has 0 heterocycles. The van der Waals surface area contributed by atoms with Gasteiger partial charge in [-0.05, 0) is 18.6 Å². The number of hydrogen-bond acceptors (Lipinski definition) is 3. The Labute approximate surface area is 160 Å². The number of carbonyl (C=O) groups excluding carboxylic acids is 1. The van der Waals surface area contributed by atoms with E-state index in [2.05, 4.69) is 15.3 Å². The molecule has 0 unspecified atom stereocenters. The minimum atomic E-state index is -0.652. The van der Waals surface area contributed by atoms with Gasteiger partial charge in [0.05, 0.1) is 0 Å². The quantitative estimate of drug-likeness (QED) is 0.276. The summed E-state index contributed by atoms with van der Waals surface area (Å²) in [5, 5.41) is 6.28. The fourth-order valence-corrected chi connectivity index (χ4v) is 1.23. The van der Waals surface area contributed by atoms with E-state index < -0.39 is 6.09 Å². The average molecular weight is 352 g/mol. The fourth-order valence-electron chi connectivity index (χ4n) is 1.01. The predicted octanol–water partition coefficient (Wildman–Crippen LogP) is -2.79. The smallest absolute Gasteiger partial charge is 1.00 e. The molecule has 0 aliphatic carbocycles. The van der Waals surface area contributed by atoms with Crippen molar-refractivity contribution >= 4 is 66.3 Å². The molecular weight excluding hydrogens is 339 g/mol. The van der Waals surface area contributed by atoms with Gasteiger partial charge >= 0.3 is 43.8 Å². The summed E-state index contributed by atoms with van der Waals surface area (Å²) in [5.74, 6) is 0. The second-order valence-electron chi connectivity index (χ2n) is 3.09. The van der Waals surface area contributed by atoms with Gasteiger partial charge in [-0.25, -0.2) is 4.79 Å². The van der Waals surface area contributed by atoms with Gasteiger partial charge in [0, 0.05) is 12.1 Å². The Hall–Kier alpha value is 0.290. The van der Waals surface area contributed by atoms with Crippen LogP contribution in [0.3, 0.4) is 0 Å². The van der Waals surface area contributed by atoms with Crippen LogP contribution in [0.5, 0.6) is 0 Å². The maximum atomic E-state index is 11.2. The molecule has 0 aromatic heterocycles. The van der Waals surface area contributed by atoms with E-state index in [1.165, 1.54) is 0 Å². The first-order valence-electron chi connectivity index (χ1n) is 4.97. The summed E-state index contributed by atoms with van der Waals surface area (Å²) in [4.78, 5) is 15.8. The van der Waals surface area contributed by atoms with E-state index in [0.29, 0.717) is 12.1 Å². The Bertz CT molecular complexity index is 377. The van der Waals surface area contributed by atoms with E-state index in [0.717, 1.165) is 6.42 Å². The van der Waals surface area contributed by atoms with Crippen LogP contribution in [0.2, 0.25) is 0 Å². The third kappa shape index (κ3) is 11.8. The SMILES string of the molecule is CCC/C(Cl)=N/OC(=O)Nc1ccccc1.[Ca+2].[Cl-].[Cl-]. The van der Waals surface area contributed by atoms with Gasteiger partial charge in [-0.15, -0.1) is 0 Å². The maximum Gasteiger partial charge on any atom is 2.00 e. The van der Waals surface area contributed by atoms with Crippen molar-refractivity contribution in [3.8, 4) is 0 Å². The Morgan fingerprint density at radius 2 is 1.89 bits per heavy atom. The number of hydrogen-bond donors (Lipinski definition) is 1. The molecule has 19 heavy (non-hydrogen) atoms. The molecule has 1 amide bonds. The van der Waals surface area contributed by atoms with Crippen LogP contribution in [0.4, 0.5) is 10.5 Å². The molecule has 1 rings (SSSR count). The van der Waals surface area contributed by atoms with Gasteiger partial charge in [0.2, 0.25) is 0 Å². The van der Waals surface area contributed by atoms with Gasteiger partial charge in [-0.1, -0.05) is 41.9 Å². The van der Waals surface area contributed by atoms with Crippen molar-refractivity contribution in [3.63, 3.8) is 0 Å². The number of rotatable bonds is 4. The normalized spacial score (nSPS) is 9.26. The molecule has 0 spiro atoms. The molecule has 0 saturated carbocycles. The number of para-hydroxylation sites is 1. The van der Waals surface area contributed by atoms with Crippen LogP contribution in [0.1, 0.15) is 19.8 Å². The number of benzene rings is 1. The van der Waals surface area contributed by atoms with Crippen LogP contribution < -0.4 is 30.1 Å². The molecule has 0 aliphatic heterocycles. The topological polar surface area (TPSA) is 50.7 Å². The molecule has 4 nitrogen and oxygen atoms in total. The molecule has 8 heteroatoms. The third-order valence-corrected chi connectivity index (χ3v) is 1.96. The molecule has 0 bridgehead atoms. The Balaban J connectivity index is -0.000000853. The summed E-state index contributed by atoms with van der Waals surface area (Å²) < 4.78 is 0. The number of oxime groups is 1. The second kappa shape index (κ2) is 14.7. The van der Waals surface area contributed by atoms with E-state index in [1.807, 2.05) is 25.1 Å². The van der Waals surface area contributed by atoms with E-state index in [1.54, 1.807) is 12.1 Å². The number of nitrogens with one attached hydrogen (secondary N) is 1. The fraction of sp³-hybridized carbons (Fsp3) is 0.273. The summed E-state index contributed by atoms with van der Waals surface area (Å²) in [5.41, 5.74) is 0.648. The van der Waals surface area contributed by atoms with E-state index in [-0.39, 0.29) is 67.7 Å². The van der Waals surface area contributed by atoms with E-state index in [9.17, 15) is 4.79 Å². The number of amides is 1. The van der Waals surface area contributed by atoms with Crippen LogP contribution in [-0.4, -0.2) is 49.0 Å². The molecule has 102 valence electrons. The van der Waals surface area contributed by atoms with Crippen LogP contribution in [0.15, 0.2) is 35.5 Å². The minimum Gasteiger partial charge on any atom is -1.00 e. The molecule has 1 aromatic carbocycles. The molecule has 0 aliphatic rings. The van der Waals surface area contributed by atoms with Crippen molar-refractivity contribution < 1.29 is 34.4 Å².